The van der Waals surface area contributed by atoms with Crippen molar-refractivity contribution in [3.63, 3.8) is 0 Å². The van der Waals surface area contributed by atoms with Gasteiger partial charge >= 0.3 is 6.03 Å². The smallest absolute Gasteiger partial charge is 0.321 e. The molecule has 3 N–H and O–H groups in total. The summed E-state index contributed by atoms with van der Waals surface area (Å²) in [6.07, 6.45) is -3.57. The van der Waals surface area contributed by atoms with Crippen LogP contribution in [0.4, 0.5) is 14.9 Å². The van der Waals surface area contributed by atoms with Gasteiger partial charge in [0, 0.05) is 18.2 Å². The molecule has 2 amide bonds. The highest BCUT2D eigenvalue weighted by Crippen LogP contribution is 2.23. The largest absolute Gasteiger partial charge is 0.390 e. The van der Waals surface area contributed by atoms with Gasteiger partial charge in [-0.3, -0.25) is 0 Å². The minimum atomic E-state index is -1.30. The van der Waals surface area contributed by atoms with E-state index in [-0.39, 0.29) is 13.1 Å². The minimum Gasteiger partial charge on any atom is -0.390 e. The number of rotatable bonds is 2. The first-order valence-corrected chi connectivity index (χ1v) is 6.60. The molecule has 1 aliphatic heterocycles. The molecular formula is C14H19FN2O3. The molecule has 1 heterocycles. The van der Waals surface area contributed by atoms with Crippen LogP contribution in [0.2, 0.25) is 0 Å². The fraction of sp³-hybridized carbons (Fsp3) is 0.500. The number of alkyl halides is 1. The molecule has 0 spiro atoms. The second-order valence-corrected chi connectivity index (χ2v) is 5.10. The number of hydrogen-bond acceptors (Lipinski definition) is 3. The molecule has 1 aromatic carbocycles. The Morgan fingerprint density at radius 1 is 1.35 bits per heavy atom. The molecule has 1 saturated heterocycles. The molecule has 4 unspecified atom stereocenters. The van der Waals surface area contributed by atoms with Gasteiger partial charge in [0.15, 0.2) is 0 Å². The van der Waals surface area contributed by atoms with Crippen LogP contribution in [-0.2, 0) is 0 Å². The number of carbonyl (C=O) groups excluding carboxylic acids is 1. The quantitative estimate of drug-likeness (QED) is 0.764. The molecule has 110 valence electrons. The molecular weight excluding hydrogens is 263 g/mol. The molecule has 6 heteroatoms. The highest BCUT2D eigenvalue weighted by Gasteiger charge is 2.39. The number of para-hydroxylation sites is 1. The normalized spacial score (nSPS) is 28.0. The van der Waals surface area contributed by atoms with Gasteiger partial charge in [0.2, 0.25) is 0 Å². The van der Waals surface area contributed by atoms with Crippen LogP contribution < -0.4 is 5.32 Å². The molecule has 2 rings (SSSR count). The lowest BCUT2D eigenvalue weighted by molar-refractivity contribution is -0.0799. The molecule has 0 aliphatic carbocycles. The zero-order valence-corrected chi connectivity index (χ0v) is 11.2. The maximum atomic E-state index is 13.4. The number of nitrogens with one attached hydrogen (secondary N) is 1. The summed E-state index contributed by atoms with van der Waals surface area (Å²) in [4.78, 5) is 13.4. The highest BCUT2D eigenvalue weighted by molar-refractivity contribution is 5.89. The van der Waals surface area contributed by atoms with Crippen LogP contribution in [-0.4, -0.2) is 52.6 Å². The van der Waals surface area contributed by atoms with Crippen LogP contribution in [0.15, 0.2) is 30.3 Å². The summed E-state index contributed by atoms with van der Waals surface area (Å²) >= 11 is 0. The molecule has 1 aliphatic rings. The maximum absolute atomic E-state index is 13.4. The summed E-state index contributed by atoms with van der Waals surface area (Å²) in [7, 11) is 0. The third kappa shape index (κ3) is 3.26. The number of hydrogen-bond donors (Lipinski definition) is 3. The third-order valence-electron chi connectivity index (χ3n) is 3.57. The van der Waals surface area contributed by atoms with Crippen LogP contribution in [0.1, 0.15) is 6.92 Å². The highest BCUT2D eigenvalue weighted by atomic mass is 19.1. The Kier molecular flexibility index (Phi) is 4.57. The first-order chi connectivity index (χ1) is 9.49. The number of carbonyl (C=O) groups is 1. The van der Waals surface area contributed by atoms with Gasteiger partial charge in [-0.2, -0.15) is 0 Å². The average Bonchev–Trinajstić information content (AvgIpc) is 2.42. The van der Waals surface area contributed by atoms with Crippen molar-refractivity contribution in [1.82, 2.24) is 4.90 Å². The van der Waals surface area contributed by atoms with Crippen molar-refractivity contribution in [2.45, 2.75) is 25.3 Å². The summed E-state index contributed by atoms with van der Waals surface area (Å²) in [5, 5.41) is 22.2. The Balaban J connectivity index is 2.03. The van der Waals surface area contributed by atoms with E-state index in [1.165, 1.54) is 11.8 Å². The van der Waals surface area contributed by atoms with Crippen molar-refractivity contribution < 1.29 is 19.4 Å². The van der Waals surface area contributed by atoms with Gasteiger partial charge in [-0.15, -0.1) is 0 Å². The first-order valence-electron chi connectivity index (χ1n) is 6.60. The zero-order valence-electron chi connectivity index (χ0n) is 11.2. The fourth-order valence-corrected chi connectivity index (χ4v) is 2.36. The van der Waals surface area contributed by atoms with Crippen molar-refractivity contribution in [2.75, 3.05) is 18.4 Å². The fourth-order valence-electron chi connectivity index (χ4n) is 2.36. The number of benzene rings is 1. The predicted molar refractivity (Wildman–Crippen MR) is 73.1 cm³/mol. The van der Waals surface area contributed by atoms with Crippen molar-refractivity contribution in [2.24, 2.45) is 5.92 Å². The van der Waals surface area contributed by atoms with Crippen molar-refractivity contribution in [3.8, 4) is 0 Å². The van der Waals surface area contributed by atoms with E-state index >= 15 is 0 Å². The molecule has 0 saturated carbocycles. The minimum absolute atomic E-state index is 0.0109. The van der Waals surface area contributed by atoms with Crippen LogP contribution >= 0.6 is 0 Å². The van der Waals surface area contributed by atoms with Crippen molar-refractivity contribution in [1.29, 1.82) is 0 Å². The molecule has 1 fully saturated rings. The van der Waals surface area contributed by atoms with E-state index in [4.69, 9.17) is 0 Å². The Labute approximate surface area is 117 Å². The van der Waals surface area contributed by atoms with E-state index in [0.717, 1.165) is 0 Å². The SMILES string of the molecule is CC(F)C1CN(C(=O)Nc2ccccc2)CC(O)C1O. The first kappa shape index (κ1) is 14.7. The van der Waals surface area contributed by atoms with Gasteiger partial charge in [-0.05, 0) is 19.1 Å². The predicted octanol–water partition coefficient (Wildman–Crippen LogP) is 1.23. The topological polar surface area (TPSA) is 72.8 Å². The Morgan fingerprint density at radius 2 is 2.00 bits per heavy atom. The number of halogens is 1. The van der Waals surface area contributed by atoms with Crippen LogP contribution in [0.25, 0.3) is 0 Å². The average molecular weight is 282 g/mol. The number of amides is 2. The molecule has 5 nitrogen and oxygen atoms in total. The summed E-state index contributed by atoms with van der Waals surface area (Å²) in [6, 6.07) is 8.48. The molecule has 1 aromatic rings. The lowest BCUT2D eigenvalue weighted by Gasteiger charge is -2.39. The third-order valence-corrected chi connectivity index (χ3v) is 3.57. The Bertz CT molecular complexity index is 455. The molecule has 20 heavy (non-hydrogen) atoms. The lowest BCUT2D eigenvalue weighted by atomic mass is 9.89. The molecule has 0 radical (unpaired) electrons. The van der Waals surface area contributed by atoms with E-state index in [1.54, 1.807) is 24.3 Å². The van der Waals surface area contributed by atoms with Gasteiger partial charge < -0.3 is 20.4 Å². The molecule has 4 atom stereocenters. The molecule has 0 bridgehead atoms. The van der Waals surface area contributed by atoms with Gasteiger partial charge in [-0.1, -0.05) is 18.2 Å². The summed E-state index contributed by atoms with van der Waals surface area (Å²) in [5.74, 6) is -0.778. The van der Waals surface area contributed by atoms with Gasteiger partial charge in [-0.25, -0.2) is 9.18 Å². The second kappa shape index (κ2) is 6.19. The summed E-state index contributed by atoms with van der Waals surface area (Å²) < 4.78 is 13.4. The van der Waals surface area contributed by atoms with Crippen LogP contribution in [0.5, 0.6) is 0 Å². The number of aliphatic hydroxyl groups excluding tert-OH is 2. The van der Waals surface area contributed by atoms with E-state index < -0.39 is 30.3 Å². The van der Waals surface area contributed by atoms with Crippen molar-refractivity contribution in [3.05, 3.63) is 30.3 Å². The monoisotopic (exact) mass is 282 g/mol. The number of anilines is 1. The second-order valence-electron chi connectivity index (χ2n) is 5.10. The van der Waals surface area contributed by atoms with E-state index in [9.17, 15) is 19.4 Å². The zero-order chi connectivity index (χ0) is 14.7. The number of β-amino-alcohol motifs (C(OH)–C–C–N with tert-alkyl or cyclic N) is 1. The lowest BCUT2D eigenvalue weighted by Crippen LogP contribution is -2.57. The number of likely N-dealkylation sites (tertiary alicyclic amines) is 1. The standard InChI is InChI=1S/C14H19FN2O3/c1-9(15)11-7-17(8-12(18)13(11)19)14(20)16-10-5-3-2-4-6-10/h2-6,9,11-13,18-19H,7-8H2,1H3,(H,16,20). The van der Waals surface area contributed by atoms with E-state index in [0.29, 0.717) is 5.69 Å². The summed E-state index contributed by atoms with van der Waals surface area (Å²) in [6.45, 7) is 1.39. The van der Waals surface area contributed by atoms with Crippen molar-refractivity contribution >= 4 is 11.7 Å². The van der Waals surface area contributed by atoms with Gasteiger partial charge in [0.1, 0.15) is 6.17 Å². The van der Waals surface area contributed by atoms with Gasteiger partial charge in [0.05, 0.1) is 18.8 Å². The number of urea groups is 1. The number of piperidine rings is 1. The molecule has 0 aromatic heterocycles. The number of aliphatic hydroxyl groups is 2. The Hall–Kier alpha value is -1.66. The Morgan fingerprint density at radius 3 is 2.60 bits per heavy atom. The van der Waals surface area contributed by atoms with Gasteiger partial charge in [0.25, 0.3) is 0 Å². The van der Waals surface area contributed by atoms with E-state index in [1.807, 2.05) is 6.07 Å². The maximum Gasteiger partial charge on any atom is 0.321 e. The van der Waals surface area contributed by atoms with Crippen LogP contribution in [0, 0.1) is 5.92 Å². The van der Waals surface area contributed by atoms with E-state index in [2.05, 4.69) is 5.32 Å². The number of nitrogens with zero attached hydrogens (tertiary/aromatic N) is 1. The summed E-state index contributed by atoms with van der Waals surface area (Å²) in [5.41, 5.74) is 0.628. The van der Waals surface area contributed by atoms with Crippen LogP contribution in [0.3, 0.4) is 0 Å².